The fraction of sp³-hybridized carbons (Fsp3) is 1.00. The zero-order chi connectivity index (χ0) is 6.74. The average molecular weight is 164 g/mol. The molecule has 0 aromatic carbocycles. The highest BCUT2D eigenvalue weighted by molar-refractivity contribution is 8.18. The van der Waals surface area contributed by atoms with Crippen molar-refractivity contribution in [2.45, 2.75) is 17.4 Å². The summed E-state index contributed by atoms with van der Waals surface area (Å²) >= 11 is 3.76. The van der Waals surface area contributed by atoms with E-state index in [1.165, 1.54) is 17.9 Å². The molecule has 54 valence electrons. The zero-order valence-corrected chi connectivity index (χ0v) is 7.23. The van der Waals surface area contributed by atoms with E-state index in [9.17, 15) is 0 Å². The minimum atomic E-state index is 0.109. The van der Waals surface area contributed by atoms with Crippen molar-refractivity contribution in [3.05, 3.63) is 0 Å². The summed E-state index contributed by atoms with van der Waals surface area (Å²) in [6.45, 7) is 2.42. The molecule has 1 N–H and O–H groups in total. The van der Waals surface area contributed by atoms with Gasteiger partial charge in [0.25, 0.3) is 0 Å². The van der Waals surface area contributed by atoms with Crippen molar-refractivity contribution in [1.82, 2.24) is 0 Å². The van der Waals surface area contributed by atoms with E-state index >= 15 is 0 Å². The van der Waals surface area contributed by atoms with Gasteiger partial charge in [-0.25, -0.2) is 0 Å². The van der Waals surface area contributed by atoms with E-state index in [0.29, 0.717) is 6.61 Å². The van der Waals surface area contributed by atoms with Gasteiger partial charge in [0, 0.05) is 0 Å². The van der Waals surface area contributed by atoms with Crippen molar-refractivity contribution < 1.29 is 5.11 Å². The van der Waals surface area contributed by atoms with Gasteiger partial charge in [0.15, 0.2) is 0 Å². The lowest BCUT2D eigenvalue weighted by Crippen LogP contribution is -2.24. The standard InChI is InChI=1S/C6H12OS2/c1-6(5-7)8-3-2-4-9-6/h7H,2-5H2,1H3. The second-order valence-corrected chi connectivity index (χ2v) is 5.80. The van der Waals surface area contributed by atoms with E-state index in [-0.39, 0.29) is 4.08 Å². The molecule has 0 aromatic rings. The Morgan fingerprint density at radius 3 is 2.33 bits per heavy atom. The Morgan fingerprint density at radius 1 is 1.44 bits per heavy atom. The average Bonchev–Trinajstić information content (AvgIpc) is 1.90. The first kappa shape index (κ1) is 7.76. The molecule has 1 saturated heterocycles. The van der Waals surface area contributed by atoms with Gasteiger partial charge in [-0.15, -0.1) is 23.5 Å². The molecule has 0 aromatic heterocycles. The maximum atomic E-state index is 8.91. The molecule has 0 radical (unpaired) electrons. The van der Waals surface area contributed by atoms with Gasteiger partial charge in [0.2, 0.25) is 0 Å². The minimum absolute atomic E-state index is 0.109. The Bertz CT molecular complexity index is 89.1. The van der Waals surface area contributed by atoms with Crippen molar-refractivity contribution in [3.63, 3.8) is 0 Å². The third kappa shape index (κ3) is 2.06. The second-order valence-electron chi connectivity index (χ2n) is 2.34. The van der Waals surface area contributed by atoms with Crippen molar-refractivity contribution in [2.75, 3.05) is 18.1 Å². The van der Waals surface area contributed by atoms with Crippen LogP contribution in [0.15, 0.2) is 0 Å². The number of thioether (sulfide) groups is 2. The van der Waals surface area contributed by atoms with Crippen LogP contribution in [0.1, 0.15) is 13.3 Å². The zero-order valence-electron chi connectivity index (χ0n) is 5.59. The molecular weight excluding hydrogens is 152 g/mol. The topological polar surface area (TPSA) is 20.2 Å². The summed E-state index contributed by atoms with van der Waals surface area (Å²) in [7, 11) is 0. The Labute approximate surface area is 64.6 Å². The molecule has 0 aliphatic carbocycles. The van der Waals surface area contributed by atoms with Crippen LogP contribution in [0.25, 0.3) is 0 Å². The summed E-state index contributed by atoms with van der Waals surface area (Å²) < 4.78 is 0.109. The Kier molecular flexibility index (Phi) is 2.73. The number of aliphatic hydroxyl groups excluding tert-OH is 1. The van der Waals surface area contributed by atoms with Crippen LogP contribution < -0.4 is 0 Å². The molecular formula is C6H12OS2. The van der Waals surface area contributed by atoms with E-state index in [2.05, 4.69) is 6.92 Å². The highest BCUT2D eigenvalue weighted by Crippen LogP contribution is 2.40. The van der Waals surface area contributed by atoms with E-state index < -0.39 is 0 Å². The van der Waals surface area contributed by atoms with Gasteiger partial charge in [0.1, 0.15) is 0 Å². The fourth-order valence-corrected chi connectivity index (χ4v) is 3.41. The van der Waals surface area contributed by atoms with Crippen LogP contribution in [0, 0.1) is 0 Å². The number of aliphatic hydroxyl groups is 1. The van der Waals surface area contributed by atoms with Gasteiger partial charge in [-0.3, -0.25) is 0 Å². The van der Waals surface area contributed by atoms with Crippen LogP contribution in [0.2, 0.25) is 0 Å². The van der Waals surface area contributed by atoms with E-state index in [4.69, 9.17) is 5.11 Å². The molecule has 0 atom stereocenters. The van der Waals surface area contributed by atoms with Gasteiger partial charge in [-0.1, -0.05) is 0 Å². The summed E-state index contributed by atoms with van der Waals surface area (Å²) in [6.07, 6.45) is 1.30. The lowest BCUT2D eigenvalue weighted by molar-refractivity contribution is 0.290. The van der Waals surface area contributed by atoms with Crippen LogP contribution >= 0.6 is 23.5 Å². The predicted molar refractivity (Wildman–Crippen MR) is 45.0 cm³/mol. The van der Waals surface area contributed by atoms with Crippen molar-refractivity contribution in [3.8, 4) is 0 Å². The molecule has 1 rings (SSSR count). The monoisotopic (exact) mass is 164 g/mol. The molecule has 0 saturated carbocycles. The smallest absolute Gasteiger partial charge is 0.0812 e. The summed E-state index contributed by atoms with van der Waals surface area (Å²) in [5.41, 5.74) is 0. The molecule has 1 heterocycles. The molecule has 1 nitrogen and oxygen atoms in total. The Balaban J connectivity index is 2.37. The fourth-order valence-electron chi connectivity index (χ4n) is 0.768. The summed E-state index contributed by atoms with van der Waals surface area (Å²) in [6, 6.07) is 0. The van der Waals surface area contributed by atoms with Crippen molar-refractivity contribution >= 4 is 23.5 Å². The van der Waals surface area contributed by atoms with Crippen LogP contribution in [-0.2, 0) is 0 Å². The number of hydrogen-bond donors (Lipinski definition) is 1. The first-order valence-electron chi connectivity index (χ1n) is 3.16. The second kappa shape index (κ2) is 3.17. The molecule has 1 aliphatic heterocycles. The van der Waals surface area contributed by atoms with Gasteiger partial charge >= 0.3 is 0 Å². The third-order valence-corrected chi connectivity index (χ3v) is 4.56. The van der Waals surface area contributed by atoms with Crippen LogP contribution in [0.3, 0.4) is 0 Å². The van der Waals surface area contributed by atoms with Crippen molar-refractivity contribution in [1.29, 1.82) is 0 Å². The molecule has 1 fully saturated rings. The van der Waals surface area contributed by atoms with E-state index in [1.54, 1.807) is 0 Å². The van der Waals surface area contributed by atoms with Crippen molar-refractivity contribution in [2.24, 2.45) is 0 Å². The number of rotatable bonds is 1. The first-order valence-corrected chi connectivity index (χ1v) is 5.13. The highest BCUT2D eigenvalue weighted by Gasteiger charge is 2.26. The van der Waals surface area contributed by atoms with E-state index in [0.717, 1.165) is 0 Å². The molecule has 1 aliphatic rings. The quantitative estimate of drug-likeness (QED) is 0.635. The van der Waals surface area contributed by atoms with Crippen LogP contribution in [0.4, 0.5) is 0 Å². The SMILES string of the molecule is CC1(CO)SCCCS1. The van der Waals surface area contributed by atoms with Gasteiger partial charge in [-0.05, 0) is 24.9 Å². The predicted octanol–water partition coefficient (Wildman–Crippen LogP) is 1.56. The number of hydrogen-bond acceptors (Lipinski definition) is 3. The molecule has 0 spiro atoms. The van der Waals surface area contributed by atoms with Crippen LogP contribution in [-0.4, -0.2) is 27.3 Å². The van der Waals surface area contributed by atoms with Gasteiger partial charge < -0.3 is 5.11 Å². The minimum Gasteiger partial charge on any atom is -0.394 e. The summed E-state index contributed by atoms with van der Waals surface area (Å²) in [4.78, 5) is 0. The molecule has 0 amide bonds. The summed E-state index contributed by atoms with van der Waals surface area (Å²) in [5, 5.41) is 8.91. The maximum Gasteiger partial charge on any atom is 0.0812 e. The van der Waals surface area contributed by atoms with Crippen LogP contribution in [0.5, 0.6) is 0 Å². The summed E-state index contributed by atoms with van der Waals surface area (Å²) in [5.74, 6) is 2.42. The van der Waals surface area contributed by atoms with E-state index in [1.807, 2.05) is 23.5 Å². The first-order chi connectivity index (χ1) is 4.27. The molecule has 0 bridgehead atoms. The third-order valence-electron chi connectivity index (χ3n) is 1.39. The largest absolute Gasteiger partial charge is 0.394 e. The lowest BCUT2D eigenvalue weighted by Gasteiger charge is -2.29. The maximum absolute atomic E-state index is 8.91. The normalized spacial score (nSPS) is 26.0. The highest BCUT2D eigenvalue weighted by atomic mass is 32.2. The van der Waals surface area contributed by atoms with Gasteiger partial charge in [-0.2, -0.15) is 0 Å². The molecule has 0 unspecified atom stereocenters. The lowest BCUT2D eigenvalue weighted by atomic mass is 10.5. The molecule has 3 heteroatoms. The molecule has 9 heavy (non-hydrogen) atoms. The Morgan fingerprint density at radius 2 is 2.00 bits per heavy atom. The van der Waals surface area contributed by atoms with Gasteiger partial charge in [0.05, 0.1) is 10.7 Å². The Hall–Kier alpha value is 0.660.